The molecule has 0 aliphatic heterocycles. The molecule has 0 aliphatic rings. The maximum absolute atomic E-state index is 11.7. The third-order valence-electron chi connectivity index (χ3n) is 2.74. The molecule has 1 aromatic heterocycles. The standard InChI is InChI=1S/C13H14BrN3O2/c1-17-13(18)12(14)10(8-16-17)15-7-9-5-3-4-6-11(9)19-2/h3-6,8,15H,7H2,1-2H3. The summed E-state index contributed by atoms with van der Waals surface area (Å²) in [4.78, 5) is 11.7. The van der Waals surface area contributed by atoms with E-state index >= 15 is 0 Å². The van der Waals surface area contributed by atoms with Gasteiger partial charge in [0, 0.05) is 19.2 Å². The van der Waals surface area contributed by atoms with Gasteiger partial charge >= 0.3 is 0 Å². The zero-order valence-electron chi connectivity index (χ0n) is 10.7. The van der Waals surface area contributed by atoms with E-state index in [0.29, 0.717) is 16.7 Å². The second-order valence-electron chi connectivity index (χ2n) is 3.97. The largest absolute Gasteiger partial charge is 0.496 e. The molecule has 0 atom stereocenters. The first-order valence-corrected chi connectivity index (χ1v) is 6.50. The molecule has 0 spiro atoms. The minimum Gasteiger partial charge on any atom is -0.496 e. The van der Waals surface area contributed by atoms with E-state index in [4.69, 9.17) is 4.74 Å². The maximum Gasteiger partial charge on any atom is 0.282 e. The normalized spacial score (nSPS) is 10.3. The van der Waals surface area contributed by atoms with Crippen molar-refractivity contribution in [1.29, 1.82) is 0 Å². The summed E-state index contributed by atoms with van der Waals surface area (Å²) in [6.07, 6.45) is 1.61. The lowest BCUT2D eigenvalue weighted by Crippen LogP contribution is -2.21. The summed E-state index contributed by atoms with van der Waals surface area (Å²) in [5, 5.41) is 7.14. The first-order valence-electron chi connectivity index (χ1n) is 5.71. The Morgan fingerprint density at radius 1 is 1.42 bits per heavy atom. The lowest BCUT2D eigenvalue weighted by molar-refractivity contribution is 0.410. The molecule has 1 aromatic carbocycles. The number of ether oxygens (including phenoxy) is 1. The molecule has 100 valence electrons. The second kappa shape index (κ2) is 5.88. The number of aromatic nitrogens is 2. The zero-order chi connectivity index (χ0) is 13.8. The summed E-state index contributed by atoms with van der Waals surface area (Å²) in [5.74, 6) is 0.808. The van der Waals surface area contributed by atoms with E-state index < -0.39 is 0 Å². The van der Waals surface area contributed by atoms with Gasteiger partial charge in [-0.2, -0.15) is 5.10 Å². The molecular formula is C13H14BrN3O2. The molecule has 5 nitrogen and oxygen atoms in total. The van der Waals surface area contributed by atoms with Crippen molar-refractivity contribution in [2.24, 2.45) is 7.05 Å². The predicted octanol–water partition coefficient (Wildman–Crippen LogP) is 2.16. The number of nitrogens with zero attached hydrogens (tertiary/aromatic N) is 2. The first kappa shape index (κ1) is 13.6. The fourth-order valence-corrected chi connectivity index (χ4v) is 2.17. The van der Waals surface area contributed by atoms with Crippen LogP contribution in [0.5, 0.6) is 5.75 Å². The maximum atomic E-state index is 11.7. The van der Waals surface area contributed by atoms with Crippen LogP contribution in [-0.4, -0.2) is 16.9 Å². The van der Waals surface area contributed by atoms with Crippen molar-refractivity contribution in [2.45, 2.75) is 6.54 Å². The number of halogens is 1. The van der Waals surface area contributed by atoms with Gasteiger partial charge in [-0.25, -0.2) is 4.68 Å². The Kier molecular flexibility index (Phi) is 4.21. The van der Waals surface area contributed by atoms with Crippen molar-refractivity contribution in [3.63, 3.8) is 0 Å². The number of benzene rings is 1. The predicted molar refractivity (Wildman–Crippen MR) is 77.5 cm³/mol. The van der Waals surface area contributed by atoms with Crippen LogP contribution >= 0.6 is 15.9 Å². The molecule has 6 heteroatoms. The van der Waals surface area contributed by atoms with Crippen LogP contribution in [0.1, 0.15) is 5.56 Å². The summed E-state index contributed by atoms with van der Waals surface area (Å²) >= 11 is 3.27. The van der Waals surface area contributed by atoms with Gasteiger partial charge in [-0.15, -0.1) is 0 Å². The van der Waals surface area contributed by atoms with Crippen molar-refractivity contribution in [3.8, 4) is 5.75 Å². The van der Waals surface area contributed by atoms with Crippen LogP contribution in [0, 0.1) is 0 Å². The highest BCUT2D eigenvalue weighted by molar-refractivity contribution is 9.10. The number of hydrogen-bond acceptors (Lipinski definition) is 4. The molecule has 0 saturated heterocycles. The van der Waals surface area contributed by atoms with Crippen LogP contribution in [0.25, 0.3) is 0 Å². The third-order valence-corrected chi connectivity index (χ3v) is 3.51. The molecule has 2 aromatic rings. The number of rotatable bonds is 4. The Morgan fingerprint density at radius 3 is 2.89 bits per heavy atom. The summed E-state index contributed by atoms with van der Waals surface area (Å²) < 4.78 is 7.02. The number of methoxy groups -OCH3 is 1. The monoisotopic (exact) mass is 323 g/mol. The molecule has 0 amide bonds. The van der Waals surface area contributed by atoms with Gasteiger partial charge in [-0.3, -0.25) is 4.79 Å². The molecule has 2 rings (SSSR count). The highest BCUT2D eigenvalue weighted by Crippen LogP contribution is 2.21. The van der Waals surface area contributed by atoms with Gasteiger partial charge in [0.15, 0.2) is 0 Å². The molecule has 0 radical (unpaired) electrons. The van der Waals surface area contributed by atoms with Gasteiger partial charge < -0.3 is 10.1 Å². The number of para-hydroxylation sites is 1. The quantitative estimate of drug-likeness (QED) is 0.936. The molecular weight excluding hydrogens is 310 g/mol. The van der Waals surface area contributed by atoms with Gasteiger partial charge in [-0.05, 0) is 22.0 Å². The van der Waals surface area contributed by atoms with Crippen molar-refractivity contribution >= 4 is 21.6 Å². The lowest BCUT2D eigenvalue weighted by Gasteiger charge is -2.11. The van der Waals surface area contributed by atoms with Crippen LogP contribution in [0.15, 0.2) is 39.7 Å². The van der Waals surface area contributed by atoms with Crippen LogP contribution in [0.2, 0.25) is 0 Å². The minimum absolute atomic E-state index is 0.176. The molecule has 0 saturated carbocycles. The van der Waals surface area contributed by atoms with Gasteiger partial charge in [0.25, 0.3) is 5.56 Å². The number of nitrogens with one attached hydrogen (secondary N) is 1. The van der Waals surface area contributed by atoms with E-state index in [0.717, 1.165) is 11.3 Å². The Bertz CT molecular complexity index is 640. The number of aryl methyl sites for hydroxylation is 1. The average Bonchev–Trinajstić information content (AvgIpc) is 2.44. The van der Waals surface area contributed by atoms with Crippen LogP contribution in [0.4, 0.5) is 5.69 Å². The lowest BCUT2D eigenvalue weighted by atomic mass is 10.2. The molecule has 0 bridgehead atoms. The highest BCUT2D eigenvalue weighted by Gasteiger charge is 2.07. The van der Waals surface area contributed by atoms with Crippen molar-refractivity contribution in [1.82, 2.24) is 9.78 Å². The third kappa shape index (κ3) is 2.96. The van der Waals surface area contributed by atoms with Crippen LogP contribution in [-0.2, 0) is 13.6 Å². The molecule has 19 heavy (non-hydrogen) atoms. The zero-order valence-corrected chi connectivity index (χ0v) is 12.3. The summed E-state index contributed by atoms with van der Waals surface area (Å²) in [5.41, 5.74) is 1.50. The summed E-state index contributed by atoms with van der Waals surface area (Å²) in [6, 6.07) is 7.72. The topological polar surface area (TPSA) is 56.1 Å². The molecule has 0 unspecified atom stereocenters. The first-order chi connectivity index (χ1) is 9.13. The van der Waals surface area contributed by atoms with E-state index in [2.05, 4.69) is 26.3 Å². The second-order valence-corrected chi connectivity index (χ2v) is 4.76. The van der Waals surface area contributed by atoms with Gasteiger partial charge in [-0.1, -0.05) is 18.2 Å². The van der Waals surface area contributed by atoms with Crippen LogP contribution in [0.3, 0.4) is 0 Å². The SMILES string of the molecule is COc1ccccc1CNc1cnn(C)c(=O)c1Br. The Hall–Kier alpha value is -1.82. The molecule has 0 fully saturated rings. The van der Waals surface area contributed by atoms with Gasteiger partial charge in [0.05, 0.1) is 19.0 Å². The summed E-state index contributed by atoms with van der Waals surface area (Å²) in [6.45, 7) is 0.553. The molecule has 0 aliphatic carbocycles. The Balaban J connectivity index is 2.19. The van der Waals surface area contributed by atoms with E-state index in [9.17, 15) is 4.79 Å². The van der Waals surface area contributed by atoms with E-state index in [-0.39, 0.29) is 5.56 Å². The van der Waals surface area contributed by atoms with Crippen molar-refractivity contribution in [2.75, 3.05) is 12.4 Å². The Labute approximate surface area is 119 Å². The number of anilines is 1. The van der Waals surface area contributed by atoms with Gasteiger partial charge in [0.2, 0.25) is 0 Å². The van der Waals surface area contributed by atoms with Crippen molar-refractivity contribution in [3.05, 3.63) is 50.9 Å². The molecule has 1 N–H and O–H groups in total. The van der Waals surface area contributed by atoms with E-state index in [1.807, 2.05) is 24.3 Å². The molecule has 1 heterocycles. The van der Waals surface area contributed by atoms with Gasteiger partial charge in [0.1, 0.15) is 10.2 Å². The van der Waals surface area contributed by atoms with E-state index in [1.54, 1.807) is 20.4 Å². The van der Waals surface area contributed by atoms with Crippen LogP contribution < -0.4 is 15.6 Å². The smallest absolute Gasteiger partial charge is 0.282 e. The van der Waals surface area contributed by atoms with E-state index in [1.165, 1.54) is 4.68 Å². The van der Waals surface area contributed by atoms with Crippen molar-refractivity contribution < 1.29 is 4.74 Å². The highest BCUT2D eigenvalue weighted by atomic mass is 79.9. The minimum atomic E-state index is -0.176. The Morgan fingerprint density at radius 2 is 2.16 bits per heavy atom. The number of hydrogen-bond donors (Lipinski definition) is 1. The fraction of sp³-hybridized carbons (Fsp3) is 0.231. The fourth-order valence-electron chi connectivity index (χ4n) is 1.67. The average molecular weight is 324 g/mol. The summed E-state index contributed by atoms with van der Waals surface area (Å²) in [7, 11) is 3.24.